The predicted molar refractivity (Wildman–Crippen MR) is 140 cm³/mol. The summed E-state index contributed by atoms with van der Waals surface area (Å²) in [5.74, 6) is -1.47. The number of para-hydroxylation sites is 2. The maximum absolute atomic E-state index is 14.5. The van der Waals surface area contributed by atoms with Gasteiger partial charge < -0.3 is 15.4 Å². The fourth-order valence-corrected chi connectivity index (χ4v) is 4.52. The molecule has 9 nitrogen and oxygen atoms in total. The second-order valence-electron chi connectivity index (χ2n) is 8.19. The zero-order chi connectivity index (χ0) is 27.0. The fraction of sp³-hybridized carbons (Fsp3) is 0.231. The Labute approximate surface area is 216 Å². The Bertz CT molecular complexity index is 1350. The topological polar surface area (TPSA) is 108 Å². The van der Waals surface area contributed by atoms with E-state index in [1.54, 1.807) is 42.5 Å². The van der Waals surface area contributed by atoms with Crippen LogP contribution in [-0.4, -0.2) is 58.9 Å². The van der Waals surface area contributed by atoms with E-state index in [0.717, 1.165) is 8.61 Å². The van der Waals surface area contributed by atoms with Gasteiger partial charge in [-0.05, 0) is 42.0 Å². The minimum atomic E-state index is -4.00. The number of amides is 2. The molecule has 3 aromatic rings. The van der Waals surface area contributed by atoms with Crippen molar-refractivity contribution in [1.82, 2.24) is 9.62 Å². The first-order chi connectivity index (χ1) is 17.6. The number of hydrogen-bond donors (Lipinski definition) is 2. The van der Waals surface area contributed by atoms with E-state index in [1.807, 2.05) is 0 Å². The molecule has 0 aliphatic carbocycles. The number of ether oxygens (including phenoxy) is 1. The maximum atomic E-state index is 14.5. The van der Waals surface area contributed by atoms with Gasteiger partial charge >= 0.3 is 10.2 Å². The Morgan fingerprint density at radius 2 is 1.57 bits per heavy atom. The third-order valence-corrected chi connectivity index (χ3v) is 7.22. The van der Waals surface area contributed by atoms with Crippen LogP contribution in [0.5, 0.6) is 0 Å². The quantitative estimate of drug-likeness (QED) is 0.372. The number of hydrogen-bond acceptors (Lipinski definition) is 5. The van der Waals surface area contributed by atoms with E-state index >= 15 is 0 Å². The molecule has 3 rings (SSSR count). The molecule has 0 fully saturated rings. The second kappa shape index (κ2) is 12.4. The molecule has 0 aliphatic rings. The van der Waals surface area contributed by atoms with Crippen molar-refractivity contribution in [2.45, 2.75) is 6.54 Å². The van der Waals surface area contributed by atoms with Gasteiger partial charge in [0, 0.05) is 33.3 Å². The van der Waals surface area contributed by atoms with Crippen LogP contribution in [-0.2, 0) is 21.5 Å². The van der Waals surface area contributed by atoms with Crippen molar-refractivity contribution in [3.05, 3.63) is 95.3 Å². The van der Waals surface area contributed by atoms with Gasteiger partial charge in [0.15, 0.2) is 0 Å². The van der Waals surface area contributed by atoms with Gasteiger partial charge in [0.25, 0.3) is 11.8 Å². The first-order valence-corrected chi connectivity index (χ1v) is 12.8. The summed E-state index contributed by atoms with van der Waals surface area (Å²) in [6.45, 7) is 0.539. The Morgan fingerprint density at radius 3 is 2.22 bits per heavy atom. The predicted octanol–water partition coefficient (Wildman–Crippen LogP) is 3.27. The summed E-state index contributed by atoms with van der Waals surface area (Å²) in [7, 11) is 0.267. The molecule has 0 bridgehead atoms. The zero-order valence-electron chi connectivity index (χ0n) is 20.8. The van der Waals surface area contributed by atoms with Crippen LogP contribution in [0.1, 0.15) is 26.3 Å². The molecule has 0 spiro atoms. The summed E-state index contributed by atoms with van der Waals surface area (Å²) >= 11 is 0. The van der Waals surface area contributed by atoms with E-state index < -0.39 is 21.9 Å². The normalized spacial score (nSPS) is 11.3. The molecule has 0 aliphatic heterocycles. The maximum Gasteiger partial charge on any atom is 0.303 e. The van der Waals surface area contributed by atoms with Crippen LogP contribution in [0.2, 0.25) is 0 Å². The summed E-state index contributed by atoms with van der Waals surface area (Å²) in [6.07, 6.45) is 0. The van der Waals surface area contributed by atoms with E-state index in [1.165, 1.54) is 51.5 Å². The molecule has 2 amide bonds. The average molecular weight is 529 g/mol. The highest BCUT2D eigenvalue weighted by Gasteiger charge is 2.27. The molecule has 0 saturated heterocycles. The van der Waals surface area contributed by atoms with E-state index in [0.29, 0.717) is 35.5 Å². The average Bonchev–Trinajstić information content (AvgIpc) is 2.88. The summed E-state index contributed by atoms with van der Waals surface area (Å²) in [5, 5.41) is 5.45. The van der Waals surface area contributed by atoms with Crippen molar-refractivity contribution in [3.8, 4) is 0 Å². The summed E-state index contributed by atoms with van der Waals surface area (Å²) in [6, 6.07) is 18.5. The number of nitrogens with zero attached hydrogens (tertiary/aromatic N) is 2. The molecule has 37 heavy (non-hydrogen) atoms. The van der Waals surface area contributed by atoms with Crippen LogP contribution in [0.4, 0.5) is 15.8 Å². The molecule has 0 unspecified atom stereocenters. The Kier molecular flexibility index (Phi) is 9.34. The lowest BCUT2D eigenvalue weighted by Gasteiger charge is -2.27. The number of benzene rings is 3. The number of rotatable bonds is 11. The van der Waals surface area contributed by atoms with Gasteiger partial charge in [-0.2, -0.15) is 12.7 Å². The lowest BCUT2D eigenvalue weighted by molar-refractivity contribution is 0.0938. The van der Waals surface area contributed by atoms with Crippen molar-refractivity contribution in [2.75, 3.05) is 44.0 Å². The monoisotopic (exact) mass is 528 g/mol. The highest BCUT2D eigenvalue weighted by molar-refractivity contribution is 7.90. The molecule has 0 atom stereocenters. The highest BCUT2D eigenvalue weighted by Crippen LogP contribution is 2.25. The van der Waals surface area contributed by atoms with Crippen molar-refractivity contribution >= 4 is 33.4 Å². The summed E-state index contributed by atoms with van der Waals surface area (Å²) in [4.78, 5) is 25.3. The van der Waals surface area contributed by atoms with Crippen LogP contribution >= 0.6 is 0 Å². The third kappa shape index (κ3) is 6.91. The van der Waals surface area contributed by atoms with E-state index in [4.69, 9.17) is 4.74 Å². The number of anilines is 2. The van der Waals surface area contributed by atoms with Crippen molar-refractivity contribution in [1.29, 1.82) is 0 Å². The minimum Gasteiger partial charge on any atom is -0.383 e. The molecule has 0 heterocycles. The molecule has 0 radical (unpaired) electrons. The van der Waals surface area contributed by atoms with Crippen LogP contribution < -0.4 is 14.9 Å². The standard InChI is InChI=1S/C26H29FN4O5S/c1-30(2)37(34,35)31(24-11-7-5-9-22(24)27)18-19-12-14-20(15-13-19)25(32)29-23-10-6-4-8-21(23)26(33)28-16-17-36-3/h4-15H,16-18H2,1-3H3,(H,28,33)(H,29,32). The number of carbonyl (C=O) groups is 2. The van der Waals surface area contributed by atoms with Crippen molar-refractivity contribution in [3.63, 3.8) is 0 Å². The molecule has 3 aromatic carbocycles. The lowest BCUT2D eigenvalue weighted by Crippen LogP contribution is -2.40. The molecule has 0 aromatic heterocycles. The zero-order valence-corrected chi connectivity index (χ0v) is 21.6. The van der Waals surface area contributed by atoms with Gasteiger partial charge in [0.05, 0.1) is 30.1 Å². The number of carbonyl (C=O) groups excluding carboxylic acids is 2. The summed E-state index contributed by atoms with van der Waals surface area (Å²) < 4.78 is 47.2. The summed E-state index contributed by atoms with van der Waals surface area (Å²) in [5.41, 5.74) is 1.40. The van der Waals surface area contributed by atoms with Crippen LogP contribution in [0, 0.1) is 5.82 Å². The highest BCUT2D eigenvalue weighted by atomic mass is 32.2. The third-order valence-electron chi connectivity index (χ3n) is 5.42. The van der Waals surface area contributed by atoms with Gasteiger partial charge in [0.2, 0.25) is 0 Å². The smallest absolute Gasteiger partial charge is 0.303 e. The fourth-order valence-electron chi connectivity index (χ4n) is 3.42. The van der Waals surface area contributed by atoms with Crippen LogP contribution in [0.25, 0.3) is 0 Å². The molecule has 11 heteroatoms. The number of methoxy groups -OCH3 is 1. The molecule has 196 valence electrons. The van der Waals surface area contributed by atoms with Gasteiger partial charge in [-0.1, -0.05) is 36.4 Å². The van der Waals surface area contributed by atoms with E-state index in [2.05, 4.69) is 10.6 Å². The first-order valence-electron chi connectivity index (χ1n) is 11.4. The van der Waals surface area contributed by atoms with E-state index in [-0.39, 0.29) is 18.1 Å². The Hall–Kier alpha value is -3.80. The number of nitrogens with one attached hydrogen (secondary N) is 2. The Balaban J connectivity index is 1.78. The van der Waals surface area contributed by atoms with E-state index in [9.17, 15) is 22.4 Å². The lowest BCUT2D eigenvalue weighted by atomic mass is 10.1. The SMILES string of the molecule is COCCNC(=O)c1ccccc1NC(=O)c1ccc(CN(c2ccccc2F)S(=O)(=O)N(C)C)cc1. The van der Waals surface area contributed by atoms with Gasteiger partial charge in [0.1, 0.15) is 5.82 Å². The molecule has 0 saturated carbocycles. The van der Waals surface area contributed by atoms with Crippen molar-refractivity contribution < 1.29 is 27.1 Å². The van der Waals surface area contributed by atoms with Gasteiger partial charge in [-0.15, -0.1) is 0 Å². The van der Waals surface area contributed by atoms with Gasteiger partial charge in [-0.3, -0.25) is 13.9 Å². The second-order valence-corrected chi connectivity index (χ2v) is 10.3. The molecular formula is C26H29FN4O5S. The minimum absolute atomic E-state index is 0.0848. The largest absolute Gasteiger partial charge is 0.383 e. The Morgan fingerprint density at radius 1 is 0.919 bits per heavy atom. The van der Waals surface area contributed by atoms with Crippen molar-refractivity contribution in [2.24, 2.45) is 0 Å². The van der Waals surface area contributed by atoms with Gasteiger partial charge in [-0.25, -0.2) is 4.39 Å². The molecule has 2 N–H and O–H groups in total. The molecular weight excluding hydrogens is 499 g/mol. The van der Waals surface area contributed by atoms with Crippen LogP contribution in [0.15, 0.2) is 72.8 Å². The van der Waals surface area contributed by atoms with Crippen LogP contribution in [0.3, 0.4) is 0 Å². The first kappa shape index (κ1) is 27.8. The number of halogens is 1.